The first-order chi connectivity index (χ1) is 8.22. The van der Waals surface area contributed by atoms with Gasteiger partial charge in [0.25, 0.3) is 0 Å². The third-order valence-corrected chi connectivity index (χ3v) is 4.00. The molecule has 0 fully saturated rings. The van der Waals surface area contributed by atoms with Crippen LogP contribution >= 0.6 is 15.9 Å². The molecule has 2 heteroatoms. The zero-order valence-electron chi connectivity index (χ0n) is 10.2. The minimum absolute atomic E-state index is 0.219. The molecule has 0 aliphatic heterocycles. The molecule has 0 N–H and O–H groups in total. The maximum Gasteiger partial charge on any atom is 0.105 e. The zero-order valence-corrected chi connectivity index (χ0v) is 11.8. The molecule has 2 aromatic rings. The summed E-state index contributed by atoms with van der Waals surface area (Å²) in [4.78, 5) is 0.219. The fourth-order valence-electron chi connectivity index (χ4n) is 1.98. The Morgan fingerprint density at radius 3 is 2.41 bits per heavy atom. The van der Waals surface area contributed by atoms with Crippen LogP contribution in [0.25, 0.3) is 0 Å². The third-order valence-electron chi connectivity index (χ3n) is 2.98. The van der Waals surface area contributed by atoms with Crippen LogP contribution in [0, 0.1) is 6.92 Å². The summed E-state index contributed by atoms with van der Waals surface area (Å²) in [7, 11) is 0. The molecule has 2 rings (SSSR count). The van der Waals surface area contributed by atoms with E-state index in [4.69, 9.17) is 4.42 Å². The molecule has 1 nitrogen and oxygen atoms in total. The second kappa shape index (κ2) is 5.54. The van der Waals surface area contributed by atoms with E-state index < -0.39 is 0 Å². The molecule has 1 unspecified atom stereocenters. The number of furan rings is 1. The van der Waals surface area contributed by atoms with Gasteiger partial charge in [-0.05, 0) is 30.5 Å². The zero-order chi connectivity index (χ0) is 12.3. The maximum atomic E-state index is 5.34. The lowest BCUT2D eigenvalue weighted by Gasteiger charge is -2.10. The topological polar surface area (TPSA) is 13.1 Å². The molecule has 0 saturated carbocycles. The van der Waals surface area contributed by atoms with E-state index in [1.807, 2.05) is 13.0 Å². The van der Waals surface area contributed by atoms with Crippen molar-refractivity contribution in [3.05, 3.63) is 59.0 Å². The Hall–Kier alpha value is -1.02. The summed E-state index contributed by atoms with van der Waals surface area (Å²) < 4.78 is 5.34. The molecule has 0 aliphatic rings. The van der Waals surface area contributed by atoms with Crippen LogP contribution in [-0.4, -0.2) is 0 Å². The van der Waals surface area contributed by atoms with Gasteiger partial charge in [-0.15, -0.1) is 0 Å². The Balaban J connectivity index is 2.20. The SMILES string of the molecule is CCCc1ccc(C(Br)c2ccoc2C)cc1. The van der Waals surface area contributed by atoms with Gasteiger partial charge in [-0.25, -0.2) is 0 Å². The van der Waals surface area contributed by atoms with Gasteiger partial charge >= 0.3 is 0 Å². The lowest BCUT2D eigenvalue weighted by Crippen LogP contribution is -1.93. The smallest absolute Gasteiger partial charge is 0.105 e. The van der Waals surface area contributed by atoms with Crippen LogP contribution in [-0.2, 0) is 6.42 Å². The van der Waals surface area contributed by atoms with Crippen molar-refractivity contribution in [1.29, 1.82) is 0 Å². The number of rotatable bonds is 4. The van der Waals surface area contributed by atoms with Gasteiger partial charge in [0.1, 0.15) is 5.76 Å². The van der Waals surface area contributed by atoms with Gasteiger partial charge in [0, 0.05) is 5.56 Å². The van der Waals surface area contributed by atoms with Crippen molar-refractivity contribution >= 4 is 15.9 Å². The van der Waals surface area contributed by atoms with Crippen molar-refractivity contribution in [3.63, 3.8) is 0 Å². The van der Waals surface area contributed by atoms with E-state index in [1.165, 1.54) is 23.1 Å². The van der Waals surface area contributed by atoms with Gasteiger partial charge in [0.15, 0.2) is 0 Å². The molecule has 17 heavy (non-hydrogen) atoms. The van der Waals surface area contributed by atoms with Crippen LogP contribution in [0.4, 0.5) is 0 Å². The first-order valence-electron chi connectivity index (χ1n) is 5.99. The quantitative estimate of drug-likeness (QED) is 0.721. The van der Waals surface area contributed by atoms with Crippen molar-refractivity contribution in [1.82, 2.24) is 0 Å². The van der Waals surface area contributed by atoms with Crippen molar-refractivity contribution < 1.29 is 4.42 Å². The van der Waals surface area contributed by atoms with Gasteiger partial charge in [-0.3, -0.25) is 0 Å². The molecule has 1 aromatic carbocycles. The highest BCUT2D eigenvalue weighted by atomic mass is 79.9. The molecular formula is C15H17BrO. The molecule has 0 aliphatic carbocycles. The molecule has 0 bridgehead atoms. The summed E-state index contributed by atoms with van der Waals surface area (Å²) in [5, 5.41) is 0. The largest absolute Gasteiger partial charge is 0.469 e. The van der Waals surface area contributed by atoms with Crippen LogP contribution in [0.2, 0.25) is 0 Å². The molecule has 1 heterocycles. The summed E-state index contributed by atoms with van der Waals surface area (Å²) in [6.07, 6.45) is 4.08. The van der Waals surface area contributed by atoms with Crippen molar-refractivity contribution in [2.45, 2.75) is 31.5 Å². The Morgan fingerprint density at radius 1 is 1.18 bits per heavy atom. The predicted molar refractivity (Wildman–Crippen MR) is 74.7 cm³/mol. The highest BCUT2D eigenvalue weighted by molar-refractivity contribution is 9.09. The van der Waals surface area contributed by atoms with Gasteiger partial charge in [0.2, 0.25) is 0 Å². The van der Waals surface area contributed by atoms with E-state index >= 15 is 0 Å². The standard InChI is InChI=1S/C15H17BrO/c1-3-4-12-5-7-13(8-6-12)15(16)14-9-10-17-11(14)2/h5-10,15H,3-4H2,1-2H3. The summed E-state index contributed by atoms with van der Waals surface area (Å²) in [6.45, 7) is 4.20. The van der Waals surface area contributed by atoms with E-state index in [-0.39, 0.29) is 4.83 Å². The van der Waals surface area contributed by atoms with E-state index in [1.54, 1.807) is 6.26 Å². The van der Waals surface area contributed by atoms with Gasteiger partial charge in [-0.1, -0.05) is 53.5 Å². The van der Waals surface area contributed by atoms with Crippen molar-refractivity contribution in [3.8, 4) is 0 Å². The summed E-state index contributed by atoms with van der Waals surface area (Å²) in [6, 6.07) is 10.8. The monoisotopic (exact) mass is 292 g/mol. The second-order valence-electron chi connectivity index (χ2n) is 4.29. The Labute approximate surface area is 111 Å². The van der Waals surface area contributed by atoms with E-state index in [0.717, 1.165) is 12.2 Å². The average Bonchev–Trinajstić information content (AvgIpc) is 2.76. The van der Waals surface area contributed by atoms with Gasteiger partial charge in [0.05, 0.1) is 11.1 Å². The number of benzene rings is 1. The third kappa shape index (κ3) is 2.81. The van der Waals surface area contributed by atoms with Crippen molar-refractivity contribution in [2.75, 3.05) is 0 Å². The number of hydrogen-bond donors (Lipinski definition) is 0. The molecule has 1 atom stereocenters. The molecular weight excluding hydrogens is 276 g/mol. The van der Waals surface area contributed by atoms with Crippen molar-refractivity contribution in [2.24, 2.45) is 0 Å². The summed E-state index contributed by atoms with van der Waals surface area (Å²) in [5.74, 6) is 0.976. The number of hydrogen-bond acceptors (Lipinski definition) is 1. The Morgan fingerprint density at radius 2 is 1.88 bits per heavy atom. The number of aryl methyl sites for hydroxylation is 2. The summed E-state index contributed by atoms with van der Waals surface area (Å²) >= 11 is 3.73. The van der Waals surface area contributed by atoms with E-state index in [0.29, 0.717) is 0 Å². The van der Waals surface area contributed by atoms with Crippen LogP contribution < -0.4 is 0 Å². The van der Waals surface area contributed by atoms with Gasteiger partial charge < -0.3 is 4.42 Å². The fourth-order valence-corrected chi connectivity index (χ4v) is 2.76. The Bertz CT molecular complexity index is 470. The molecule has 0 radical (unpaired) electrons. The predicted octanol–water partition coefficient (Wildman–Crippen LogP) is 5.02. The van der Waals surface area contributed by atoms with Crippen LogP contribution in [0.3, 0.4) is 0 Å². The first kappa shape index (κ1) is 12.4. The fraction of sp³-hybridized carbons (Fsp3) is 0.333. The molecule has 0 amide bonds. The average molecular weight is 293 g/mol. The minimum atomic E-state index is 0.219. The van der Waals surface area contributed by atoms with E-state index in [2.05, 4.69) is 47.1 Å². The summed E-state index contributed by atoms with van der Waals surface area (Å²) in [5.41, 5.74) is 3.88. The second-order valence-corrected chi connectivity index (χ2v) is 5.20. The number of halogens is 1. The lowest BCUT2D eigenvalue weighted by molar-refractivity contribution is 0.530. The van der Waals surface area contributed by atoms with Gasteiger partial charge in [-0.2, -0.15) is 0 Å². The molecule has 1 aromatic heterocycles. The number of alkyl halides is 1. The van der Waals surface area contributed by atoms with Crippen LogP contribution in [0.1, 0.15) is 40.6 Å². The highest BCUT2D eigenvalue weighted by Gasteiger charge is 2.14. The molecule has 0 saturated heterocycles. The highest BCUT2D eigenvalue weighted by Crippen LogP contribution is 2.33. The van der Waals surface area contributed by atoms with E-state index in [9.17, 15) is 0 Å². The molecule has 0 spiro atoms. The molecule has 90 valence electrons. The normalized spacial score (nSPS) is 12.6. The van der Waals surface area contributed by atoms with Crippen LogP contribution in [0.5, 0.6) is 0 Å². The minimum Gasteiger partial charge on any atom is -0.469 e. The Kier molecular flexibility index (Phi) is 4.06. The van der Waals surface area contributed by atoms with Crippen LogP contribution in [0.15, 0.2) is 41.0 Å². The first-order valence-corrected chi connectivity index (χ1v) is 6.91. The maximum absolute atomic E-state index is 5.34. The lowest BCUT2D eigenvalue weighted by atomic mass is 10.0.